The monoisotopic (exact) mass is 207 g/mol. The fourth-order valence-corrected chi connectivity index (χ4v) is 1.49. The summed E-state index contributed by atoms with van der Waals surface area (Å²) >= 11 is 0. The maximum absolute atomic E-state index is 11.0. The number of ether oxygens (including phenoxy) is 1. The summed E-state index contributed by atoms with van der Waals surface area (Å²) in [5.41, 5.74) is 2.59. The minimum absolute atomic E-state index is 0.174. The van der Waals surface area contributed by atoms with E-state index < -0.39 is 0 Å². The summed E-state index contributed by atoms with van der Waals surface area (Å²) in [7, 11) is 1.64. The van der Waals surface area contributed by atoms with E-state index in [0.29, 0.717) is 6.73 Å². The van der Waals surface area contributed by atoms with E-state index in [1.165, 1.54) is 0 Å². The number of rotatable bonds is 4. The van der Waals surface area contributed by atoms with Crippen molar-refractivity contribution < 1.29 is 4.74 Å². The average Bonchev–Trinajstić information content (AvgIpc) is 2.57. The molecule has 1 heterocycles. The summed E-state index contributed by atoms with van der Waals surface area (Å²) in [6.07, 6.45) is 0. The highest BCUT2D eigenvalue weighted by Crippen LogP contribution is 2.09. The summed E-state index contributed by atoms with van der Waals surface area (Å²) in [6, 6.07) is 5.79. The number of methoxy groups -OCH3 is 1. The quantitative estimate of drug-likeness (QED) is 0.506. The third-order valence-electron chi connectivity index (χ3n) is 2.16. The Hall–Kier alpha value is -1.59. The summed E-state index contributed by atoms with van der Waals surface area (Å²) in [5.74, 6) is 0. The van der Waals surface area contributed by atoms with Gasteiger partial charge in [0.2, 0.25) is 0 Å². The van der Waals surface area contributed by atoms with E-state index in [0.717, 1.165) is 23.1 Å². The van der Waals surface area contributed by atoms with E-state index in [9.17, 15) is 4.79 Å². The molecule has 15 heavy (non-hydrogen) atoms. The van der Waals surface area contributed by atoms with Crippen LogP contribution in [0, 0.1) is 0 Å². The van der Waals surface area contributed by atoms with Crippen LogP contribution in [0.5, 0.6) is 0 Å². The molecular formula is C10H13N3O2. The van der Waals surface area contributed by atoms with Gasteiger partial charge in [-0.05, 0) is 17.7 Å². The average molecular weight is 207 g/mol. The minimum atomic E-state index is -0.174. The molecule has 2 rings (SSSR count). The molecule has 0 amide bonds. The van der Waals surface area contributed by atoms with Crippen LogP contribution in [0.1, 0.15) is 5.56 Å². The van der Waals surface area contributed by atoms with Crippen molar-refractivity contribution in [3.05, 3.63) is 34.2 Å². The van der Waals surface area contributed by atoms with Gasteiger partial charge in [-0.25, -0.2) is 4.79 Å². The van der Waals surface area contributed by atoms with Gasteiger partial charge in [-0.1, -0.05) is 6.07 Å². The van der Waals surface area contributed by atoms with Crippen molar-refractivity contribution in [2.75, 3.05) is 13.8 Å². The first-order chi connectivity index (χ1) is 7.29. The first kappa shape index (κ1) is 9.95. The third kappa shape index (κ3) is 2.26. The zero-order valence-corrected chi connectivity index (χ0v) is 8.46. The topological polar surface area (TPSA) is 69.9 Å². The summed E-state index contributed by atoms with van der Waals surface area (Å²) in [6.45, 7) is 1.23. The Balaban J connectivity index is 2.19. The van der Waals surface area contributed by atoms with Crippen LogP contribution >= 0.6 is 0 Å². The molecule has 0 fully saturated rings. The molecule has 0 radical (unpaired) electrons. The molecule has 2 aromatic rings. The van der Waals surface area contributed by atoms with Gasteiger partial charge in [-0.2, -0.15) is 0 Å². The maximum atomic E-state index is 11.0. The van der Waals surface area contributed by atoms with Gasteiger partial charge < -0.3 is 14.7 Å². The fraction of sp³-hybridized carbons (Fsp3) is 0.300. The number of benzene rings is 1. The molecule has 5 nitrogen and oxygen atoms in total. The van der Waals surface area contributed by atoms with Gasteiger partial charge in [0.15, 0.2) is 0 Å². The molecule has 3 N–H and O–H groups in total. The first-order valence-electron chi connectivity index (χ1n) is 4.70. The van der Waals surface area contributed by atoms with Crippen molar-refractivity contribution in [2.24, 2.45) is 0 Å². The van der Waals surface area contributed by atoms with E-state index in [2.05, 4.69) is 15.3 Å². The molecule has 1 aromatic carbocycles. The lowest BCUT2D eigenvalue weighted by atomic mass is 10.2. The van der Waals surface area contributed by atoms with Gasteiger partial charge in [0.1, 0.15) is 0 Å². The van der Waals surface area contributed by atoms with Crippen molar-refractivity contribution in [3.8, 4) is 0 Å². The molecule has 0 aliphatic rings. The molecule has 0 saturated heterocycles. The van der Waals surface area contributed by atoms with Crippen LogP contribution in [0.4, 0.5) is 0 Å². The van der Waals surface area contributed by atoms with E-state index in [1.54, 1.807) is 7.11 Å². The third-order valence-corrected chi connectivity index (χ3v) is 2.16. The lowest BCUT2D eigenvalue weighted by Crippen LogP contribution is -2.15. The molecule has 0 aliphatic carbocycles. The van der Waals surface area contributed by atoms with Crippen LogP contribution in [0.2, 0.25) is 0 Å². The second-order valence-corrected chi connectivity index (χ2v) is 3.32. The number of aromatic amines is 2. The van der Waals surface area contributed by atoms with Crippen LogP contribution < -0.4 is 11.0 Å². The van der Waals surface area contributed by atoms with Crippen molar-refractivity contribution in [1.29, 1.82) is 0 Å². The van der Waals surface area contributed by atoms with Gasteiger partial charge in [-0.15, -0.1) is 0 Å². The highest BCUT2D eigenvalue weighted by Gasteiger charge is 1.99. The number of imidazole rings is 1. The van der Waals surface area contributed by atoms with Crippen molar-refractivity contribution >= 4 is 11.0 Å². The highest BCUT2D eigenvalue weighted by atomic mass is 16.5. The van der Waals surface area contributed by atoms with Crippen molar-refractivity contribution in [1.82, 2.24) is 15.3 Å². The second-order valence-electron chi connectivity index (χ2n) is 3.32. The Labute approximate surface area is 86.5 Å². The van der Waals surface area contributed by atoms with E-state index >= 15 is 0 Å². The fourth-order valence-electron chi connectivity index (χ4n) is 1.49. The normalized spacial score (nSPS) is 11.0. The van der Waals surface area contributed by atoms with Gasteiger partial charge in [0.25, 0.3) is 0 Å². The molecule has 5 heteroatoms. The molecule has 0 atom stereocenters. The Bertz CT molecular complexity index is 501. The van der Waals surface area contributed by atoms with Gasteiger partial charge in [0, 0.05) is 13.7 Å². The molecule has 0 unspecified atom stereocenters. The molecule has 0 aliphatic heterocycles. The second kappa shape index (κ2) is 4.29. The number of H-pyrrole nitrogens is 2. The Morgan fingerprint density at radius 1 is 1.33 bits per heavy atom. The summed E-state index contributed by atoms with van der Waals surface area (Å²) in [4.78, 5) is 16.4. The van der Waals surface area contributed by atoms with Crippen LogP contribution in [-0.4, -0.2) is 23.8 Å². The Morgan fingerprint density at radius 2 is 2.13 bits per heavy atom. The van der Waals surface area contributed by atoms with E-state index in [4.69, 9.17) is 4.74 Å². The van der Waals surface area contributed by atoms with E-state index in [-0.39, 0.29) is 5.69 Å². The highest BCUT2D eigenvalue weighted by molar-refractivity contribution is 5.74. The Kier molecular flexibility index (Phi) is 2.84. The van der Waals surface area contributed by atoms with Crippen molar-refractivity contribution in [2.45, 2.75) is 6.54 Å². The number of nitrogens with one attached hydrogen (secondary N) is 3. The Morgan fingerprint density at radius 3 is 2.93 bits per heavy atom. The first-order valence-corrected chi connectivity index (χ1v) is 4.70. The smallest absolute Gasteiger partial charge is 0.323 e. The van der Waals surface area contributed by atoms with Crippen LogP contribution in [0.25, 0.3) is 11.0 Å². The molecular weight excluding hydrogens is 194 g/mol. The standard InChI is InChI=1S/C10H13N3O2/c1-15-6-11-5-7-2-3-8-9(4-7)13-10(14)12-8/h2-4,11H,5-6H2,1H3,(H2,12,13,14). The lowest BCUT2D eigenvalue weighted by Gasteiger charge is -2.03. The minimum Gasteiger partial charge on any atom is -0.370 e. The number of hydrogen-bond donors (Lipinski definition) is 3. The molecule has 80 valence electrons. The molecule has 1 aromatic heterocycles. The van der Waals surface area contributed by atoms with Gasteiger partial charge >= 0.3 is 5.69 Å². The van der Waals surface area contributed by atoms with Crippen LogP contribution in [0.3, 0.4) is 0 Å². The SMILES string of the molecule is COCNCc1ccc2[nH]c(=O)[nH]c2c1. The molecule has 0 saturated carbocycles. The van der Waals surface area contributed by atoms with Gasteiger partial charge in [0.05, 0.1) is 17.8 Å². The summed E-state index contributed by atoms with van der Waals surface area (Å²) in [5, 5.41) is 3.10. The predicted molar refractivity (Wildman–Crippen MR) is 57.6 cm³/mol. The summed E-state index contributed by atoms with van der Waals surface area (Å²) < 4.78 is 4.88. The number of aromatic nitrogens is 2. The largest absolute Gasteiger partial charge is 0.370 e. The number of fused-ring (bicyclic) bond motifs is 1. The van der Waals surface area contributed by atoms with Gasteiger partial charge in [-0.3, -0.25) is 5.32 Å². The lowest BCUT2D eigenvalue weighted by molar-refractivity contribution is 0.174. The van der Waals surface area contributed by atoms with Crippen LogP contribution in [0.15, 0.2) is 23.0 Å². The number of hydrogen-bond acceptors (Lipinski definition) is 3. The molecule has 0 bridgehead atoms. The predicted octanol–water partition coefficient (Wildman–Crippen LogP) is 0.550. The zero-order chi connectivity index (χ0) is 10.7. The molecule has 0 spiro atoms. The zero-order valence-electron chi connectivity index (χ0n) is 8.46. The maximum Gasteiger partial charge on any atom is 0.323 e. The van der Waals surface area contributed by atoms with Crippen LogP contribution in [-0.2, 0) is 11.3 Å². The van der Waals surface area contributed by atoms with Crippen molar-refractivity contribution in [3.63, 3.8) is 0 Å². The van der Waals surface area contributed by atoms with E-state index in [1.807, 2.05) is 18.2 Å².